The molecule has 0 unspecified atom stereocenters. The van der Waals surface area contributed by atoms with E-state index in [0.29, 0.717) is 28.7 Å². The molecule has 2 aromatic carbocycles. The molecule has 2 aromatic heterocycles. The molecule has 1 saturated heterocycles. The average Bonchev–Trinajstić information content (AvgIpc) is 3.45. The second-order valence-electron chi connectivity index (χ2n) is 9.08. The van der Waals surface area contributed by atoms with Crippen LogP contribution in [0.1, 0.15) is 32.6 Å². The van der Waals surface area contributed by atoms with E-state index in [4.69, 9.17) is 20.9 Å². The fourth-order valence-electron chi connectivity index (χ4n) is 4.45. The number of fused-ring (bicyclic) bond motifs is 1. The van der Waals surface area contributed by atoms with Gasteiger partial charge in [-0.05, 0) is 57.0 Å². The van der Waals surface area contributed by atoms with Crippen LogP contribution < -0.4 is 10.1 Å². The van der Waals surface area contributed by atoms with Gasteiger partial charge >= 0.3 is 6.09 Å². The summed E-state index contributed by atoms with van der Waals surface area (Å²) in [4.78, 5) is 19.7. The number of hydrogen-bond donors (Lipinski definition) is 1. The smallest absolute Gasteiger partial charge is 0.393 e. The molecule has 0 spiro atoms. The first-order valence-corrected chi connectivity index (χ1v) is 12.2. The molecule has 4 aromatic rings. The lowest BCUT2D eigenvalue weighted by Gasteiger charge is -2.34. The molecule has 182 valence electrons. The van der Waals surface area contributed by atoms with Gasteiger partial charge in [-0.1, -0.05) is 35.0 Å². The maximum absolute atomic E-state index is 12.8. The van der Waals surface area contributed by atoms with Crippen molar-refractivity contribution in [3.8, 4) is 17.3 Å². The molecule has 8 nitrogen and oxygen atoms in total. The lowest BCUT2D eigenvalue weighted by Crippen LogP contribution is -2.47. The van der Waals surface area contributed by atoms with E-state index in [0.717, 1.165) is 42.4 Å². The van der Waals surface area contributed by atoms with Crippen molar-refractivity contribution >= 4 is 28.6 Å². The first-order valence-electron chi connectivity index (χ1n) is 11.9. The highest BCUT2D eigenvalue weighted by Crippen LogP contribution is 2.27. The van der Waals surface area contributed by atoms with E-state index in [1.807, 2.05) is 47.0 Å². The summed E-state index contributed by atoms with van der Waals surface area (Å²) in [6.07, 6.45) is 1.36. The number of likely N-dealkylation sites (tertiary alicyclic amines) is 1. The summed E-state index contributed by atoms with van der Waals surface area (Å²) in [5.41, 5.74) is 1.72. The number of amides is 1. The molecule has 0 aliphatic carbocycles. The number of carbonyl (C=O) groups is 1. The molecule has 0 bridgehead atoms. The van der Waals surface area contributed by atoms with E-state index in [1.54, 1.807) is 12.1 Å². The number of rotatable bonds is 6. The predicted molar refractivity (Wildman–Crippen MR) is 135 cm³/mol. The Labute approximate surface area is 208 Å². The van der Waals surface area contributed by atoms with Crippen molar-refractivity contribution < 1.29 is 14.1 Å². The Hall–Kier alpha value is -3.36. The third-order valence-electron chi connectivity index (χ3n) is 6.42. The molecule has 3 heterocycles. The number of benzene rings is 2. The topological polar surface area (TPSA) is 85.4 Å². The number of aromatic nitrogens is 3. The molecule has 1 fully saturated rings. The minimum atomic E-state index is -0.454. The van der Waals surface area contributed by atoms with Gasteiger partial charge in [0.2, 0.25) is 17.6 Å². The quantitative estimate of drug-likeness (QED) is 0.389. The fraction of sp³-hybridized carbons (Fsp3) is 0.346. The van der Waals surface area contributed by atoms with Crippen LogP contribution in [0, 0.1) is 0 Å². The van der Waals surface area contributed by atoms with Crippen LogP contribution >= 0.6 is 11.6 Å². The minimum Gasteiger partial charge on any atom is -0.393 e. The number of piperidine rings is 1. The average molecular weight is 494 g/mol. The number of carbonyl (C=O) groups excluding carboxylic acids is 1. The number of para-hydroxylation sites is 1. The van der Waals surface area contributed by atoms with E-state index in [2.05, 4.69) is 34.2 Å². The van der Waals surface area contributed by atoms with Gasteiger partial charge in [-0.3, -0.25) is 0 Å². The van der Waals surface area contributed by atoms with Gasteiger partial charge in [0, 0.05) is 47.2 Å². The SMILES string of the molecule is CC(C)N1CCC(NC(=O)Oc2cc3ccccc3n2Cc2nc(-c3ccc(Cl)cc3)no2)CC1. The Balaban J connectivity index is 1.32. The maximum Gasteiger partial charge on any atom is 0.414 e. The summed E-state index contributed by atoms with van der Waals surface area (Å²) in [5.74, 6) is 1.30. The van der Waals surface area contributed by atoms with E-state index in [1.165, 1.54) is 0 Å². The van der Waals surface area contributed by atoms with Crippen molar-refractivity contribution in [3.05, 3.63) is 65.5 Å². The summed E-state index contributed by atoms with van der Waals surface area (Å²) in [7, 11) is 0. The van der Waals surface area contributed by atoms with Gasteiger partial charge in [-0.25, -0.2) is 4.79 Å². The van der Waals surface area contributed by atoms with Crippen molar-refractivity contribution in [2.45, 2.75) is 45.3 Å². The van der Waals surface area contributed by atoms with Crippen molar-refractivity contribution in [2.75, 3.05) is 13.1 Å². The van der Waals surface area contributed by atoms with Crippen molar-refractivity contribution in [1.29, 1.82) is 0 Å². The van der Waals surface area contributed by atoms with Crippen LogP contribution in [-0.4, -0.2) is 50.9 Å². The Bertz CT molecular complexity index is 1310. The van der Waals surface area contributed by atoms with E-state index < -0.39 is 6.09 Å². The fourth-order valence-corrected chi connectivity index (χ4v) is 4.58. The van der Waals surface area contributed by atoms with Gasteiger partial charge in [0.15, 0.2) is 0 Å². The number of nitrogens with zero attached hydrogens (tertiary/aromatic N) is 4. The van der Waals surface area contributed by atoms with Crippen molar-refractivity contribution in [3.63, 3.8) is 0 Å². The third-order valence-corrected chi connectivity index (χ3v) is 6.67. The molecule has 0 atom stereocenters. The van der Waals surface area contributed by atoms with Crippen LogP contribution in [0.5, 0.6) is 5.88 Å². The van der Waals surface area contributed by atoms with Crippen molar-refractivity contribution in [1.82, 2.24) is 24.9 Å². The predicted octanol–water partition coefficient (Wildman–Crippen LogP) is 5.35. The largest absolute Gasteiger partial charge is 0.414 e. The summed E-state index contributed by atoms with van der Waals surface area (Å²) < 4.78 is 13.2. The Morgan fingerprint density at radius 1 is 1.17 bits per heavy atom. The Morgan fingerprint density at radius 3 is 2.66 bits per heavy atom. The monoisotopic (exact) mass is 493 g/mol. The summed E-state index contributed by atoms with van der Waals surface area (Å²) in [6.45, 7) is 6.60. The van der Waals surface area contributed by atoms with Gasteiger partial charge in [0.05, 0.1) is 5.52 Å². The molecule has 35 heavy (non-hydrogen) atoms. The minimum absolute atomic E-state index is 0.105. The molecule has 0 saturated carbocycles. The number of hydrogen-bond acceptors (Lipinski definition) is 6. The zero-order valence-corrected chi connectivity index (χ0v) is 20.5. The van der Waals surface area contributed by atoms with Gasteiger partial charge in [0.1, 0.15) is 6.54 Å². The molecule has 1 aliphatic rings. The van der Waals surface area contributed by atoms with Crippen LogP contribution in [0.25, 0.3) is 22.3 Å². The molecule has 5 rings (SSSR count). The van der Waals surface area contributed by atoms with Crippen LogP contribution in [-0.2, 0) is 6.54 Å². The lowest BCUT2D eigenvalue weighted by molar-refractivity contribution is 0.151. The molecule has 1 N–H and O–H groups in total. The highest BCUT2D eigenvalue weighted by atomic mass is 35.5. The number of ether oxygens (including phenoxy) is 1. The summed E-state index contributed by atoms with van der Waals surface area (Å²) in [6, 6.07) is 17.6. The zero-order valence-electron chi connectivity index (χ0n) is 19.8. The highest BCUT2D eigenvalue weighted by Gasteiger charge is 2.24. The molecule has 1 aliphatic heterocycles. The van der Waals surface area contributed by atoms with Crippen molar-refractivity contribution in [2.24, 2.45) is 0 Å². The van der Waals surface area contributed by atoms with Gasteiger partial charge in [0.25, 0.3) is 0 Å². The standard InChI is InChI=1S/C26H28ClN5O3/c1-17(2)31-13-11-21(12-14-31)28-26(33)34-24-15-19-5-3-4-6-22(19)32(24)16-23-29-25(30-35-23)18-7-9-20(27)10-8-18/h3-10,15,17,21H,11-14,16H2,1-2H3,(H,28,33). The second kappa shape index (κ2) is 10.1. The van der Waals surface area contributed by atoms with Crippen LogP contribution in [0.15, 0.2) is 59.1 Å². The van der Waals surface area contributed by atoms with Crippen LogP contribution in [0.2, 0.25) is 5.02 Å². The van der Waals surface area contributed by atoms with Gasteiger partial charge in [-0.15, -0.1) is 0 Å². The zero-order chi connectivity index (χ0) is 24.4. The summed E-state index contributed by atoms with van der Waals surface area (Å²) >= 11 is 5.98. The van der Waals surface area contributed by atoms with Crippen LogP contribution in [0.3, 0.4) is 0 Å². The normalized spacial score (nSPS) is 15.1. The molecular formula is C26H28ClN5O3. The highest BCUT2D eigenvalue weighted by molar-refractivity contribution is 6.30. The van der Waals surface area contributed by atoms with Gasteiger partial charge in [-0.2, -0.15) is 4.98 Å². The Morgan fingerprint density at radius 2 is 1.91 bits per heavy atom. The molecule has 1 amide bonds. The molecule has 9 heteroatoms. The van der Waals surface area contributed by atoms with E-state index >= 15 is 0 Å². The van der Waals surface area contributed by atoms with E-state index in [-0.39, 0.29) is 12.6 Å². The lowest BCUT2D eigenvalue weighted by atomic mass is 10.0. The second-order valence-corrected chi connectivity index (χ2v) is 9.52. The first kappa shape index (κ1) is 23.4. The first-order chi connectivity index (χ1) is 17.0. The van der Waals surface area contributed by atoms with Crippen LogP contribution in [0.4, 0.5) is 4.79 Å². The van der Waals surface area contributed by atoms with E-state index in [9.17, 15) is 4.79 Å². The summed E-state index contributed by atoms with van der Waals surface area (Å²) in [5, 5.41) is 8.72. The molecular weight excluding hydrogens is 466 g/mol. The number of nitrogens with one attached hydrogen (secondary N) is 1. The number of halogens is 1. The third kappa shape index (κ3) is 5.33. The Kier molecular flexibility index (Phi) is 6.74. The maximum atomic E-state index is 12.8. The van der Waals surface area contributed by atoms with Gasteiger partial charge < -0.3 is 24.0 Å². The molecule has 0 radical (unpaired) electrons.